The highest BCUT2D eigenvalue weighted by atomic mass is 35.5. The summed E-state index contributed by atoms with van der Waals surface area (Å²) in [6.07, 6.45) is 0.152. The molecule has 1 N–H and O–H groups in total. The van der Waals surface area contributed by atoms with Crippen molar-refractivity contribution in [3.8, 4) is 0 Å². The van der Waals surface area contributed by atoms with Crippen LogP contribution in [0.1, 0.15) is 38.9 Å². The second-order valence-electron chi connectivity index (χ2n) is 11.5. The average Bonchev–Trinajstić information content (AvgIpc) is 3.27. The van der Waals surface area contributed by atoms with Crippen molar-refractivity contribution in [3.05, 3.63) is 136 Å². The maximum atomic E-state index is 14.6. The van der Waals surface area contributed by atoms with Crippen LogP contribution in [0.2, 0.25) is 0 Å². The fourth-order valence-electron chi connectivity index (χ4n) is 7.18. The maximum absolute atomic E-state index is 14.6. The van der Waals surface area contributed by atoms with E-state index < -0.39 is 45.3 Å². The lowest BCUT2D eigenvalue weighted by Gasteiger charge is -2.54. The van der Waals surface area contributed by atoms with Crippen LogP contribution in [0.5, 0.6) is 0 Å². The third kappa shape index (κ3) is 3.60. The van der Waals surface area contributed by atoms with Gasteiger partial charge in [-0.05, 0) is 64.9 Å². The number of rotatable bonds is 5. The molecule has 1 heterocycles. The number of benzene rings is 4. The topological polar surface area (TPSA) is 66.5 Å². The number of alkyl halides is 2. The first-order valence-electron chi connectivity index (χ1n) is 14.0. The molecule has 3 aliphatic carbocycles. The quantitative estimate of drug-likeness (QED) is 0.213. The Labute approximate surface area is 254 Å². The number of carbonyl (C=O) groups excluding carboxylic acids is 3. The number of imide groups is 1. The van der Waals surface area contributed by atoms with E-state index in [1.807, 2.05) is 111 Å². The molecule has 1 saturated heterocycles. The van der Waals surface area contributed by atoms with Gasteiger partial charge in [0.1, 0.15) is 15.8 Å². The van der Waals surface area contributed by atoms with Crippen molar-refractivity contribution >= 4 is 46.6 Å². The van der Waals surface area contributed by atoms with Gasteiger partial charge in [-0.15, -0.1) is 23.2 Å². The summed E-state index contributed by atoms with van der Waals surface area (Å²) < 4.78 is 0. The molecule has 7 heteroatoms. The Bertz CT molecular complexity index is 1660. The first-order chi connectivity index (χ1) is 20.2. The van der Waals surface area contributed by atoms with Gasteiger partial charge in [-0.1, -0.05) is 84.9 Å². The molecule has 8 rings (SSSR count). The molecule has 4 aromatic carbocycles. The Morgan fingerprint density at radius 2 is 1.21 bits per heavy atom. The Morgan fingerprint density at radius 3 is 1.69 bits per heavy atom. The predicted octanol–water partition coefficient (Wildman–Crippen LogP) is 6.45. The van der Waals surface area contributed by atoms with E-state index in [0.717, 1.165) is 43.8 Å². The largest absolute Gasteiger partial charge is 0.324 e. The molecule has 1 aliphatic heterocycles. The van der Waals surface area contributed by atoms with Crippen LogP contribution in [0.4, 0.5) is 5.69 Å². The van der Waals surface area contributed by atoms with Gasteiger partial charge >= 0.3 is 0 Å². The summed E-state index contributed by atoms with van der Waals surface area (Å²) in [4.78, 5) is 41.7. The van der Waals surface area contributed by atoms with Crippen LogP contribution >= 0.6 is 23.2 Å². The van der Waals surface area contributed by atoms with Crippen LogP contribution in [0.3, 0.4) is 0 Å². The summed E-state index contributed by atoms with van der Waals surface area (Å²) in [5, 5.41) is 2.97. The normalized spacial score (nSPS) is 26.0. The van der Waals surface area contributed by atoms with Crippen molar-refractivity contribution in [2.45, 2.75) is 36.1 Å². The lowest BCUT2D eigenvalue weighted by atomic mass is 9.54. The average molecular weight is 596 g/mol. The van der Waals surface area contributed by atoms with E-state index >= 15 is 0 Å². The Kier molecular flexibility index (Phi) is 6.12. The van der Waals surface area contributed by atoms with Crippen molar-refractivity contribution in [2.75, 3.05) is 5.32 Å². The molecule has 0 unspecified atom stereocenters. The van der Waals surface area contributed by atoms with E-state index in [2.05, 4.69) is 5.32 Å². The second-order valence-corrected chi connectivity index (χ2v) is 12.7. The molecule has 0 aromatic heterocycles. The predicted molar refractivity (Wildman–Crippen MR) is 163 cm³/mol. The molecule has 3 amide bonds. The van der Waals surface area contributed by atoms with E-state index in [-0.39, 0.29) is 6.42 Å². The first kappa shape index (κ1) is 26.9. The summed E-state index contributed by atoms with van der Waals surface area (Å²) >= 11 is 15.2. The SMILES string of the molecule is Cc1ccc(NC(=O)[C@H](Cc2ccccc2)N2C(=O)[C@@H]3[C@H](C2=O)C2(Cl)c4ccccc4C3(Cl)c3ccccc32)cc1C. The minimum absolute atomic E-state index is 0.152. The smallest absolute Gasteiger partial charge is 0.248 e. The Hall–Kier alpha value is -3.93. The van der Waals surface area contributed by atoms with Crippen molar-refractivity contribution in [1.29, 1.82) is 0 Å². The first-order valence-corrected chi connectivity index (χ1v) is 14.8. The summed E-state index contributed by atoms with van der Waals surface area (Å²) in [6.45, 7) is 3.96. The minimum atomic E-state index is -1.31. The molecule has 4 aromatic rings. The molecule has 0 spiro atoms. The molecule has 3 atom stereocenters. The number of carbonyl (C=O) groups is 3. The van der Waals surface area contributed by atoms with Gasteiger partial charge in [-0.3, -0.25) is 19.3 Å². The van der Waals surface area contributed by atoms with Gasteiger partial charge in [0.2, 0.25) is 17.7 Å². The number of hydrogen-bond acceptors (Lipinski definition) is 3. The zero-order chi connectivity index (χ0) is 29.4. The maximum Gasteiger partial charge on any atom is 0.248 e. The third-order valence-corrected chi connectivity index (χ3v) is 10.6. The lowest BCUT2D eigenvalue weighted by Crippen LogP contribution is -2.57. The van der Waals surface area contributed by atoms with Crippen LogP contribution < -0.4 is 5.32 Å². The molecule has 5 nitrogen and oxygen atoms in total. The van der Waals surface area contributed by atoms with E-state index in [9.17, 15) is 14.4 Å². The molecular weight excluding hydrogens is 567 g/mol. The van der Waals surface area contributed by atoms with Gasteiger partial charge in [0.25, 0.3) is 0 Å². The van der Waals surface area contributed by atoms with E-state index in [0.29, 0.717) is 5.69 Å². The summed E-state index contributed by atoms with van der Waals surface area (Å²) in [7, 11) is 0. The molecule has 2 bridgehead atoms. The molecular formula is C35H28Cl2N2O3. The highest BCUT2D eigenvalue weighted by Gasteiger charge is 2.73. The number of aryl methyl sites for hydroxylation is 2. The minimum Gasteiger partial charge on any atom is -0.324 e. The fraction of sp³-hybridized carbons (Fsp3) is 0.229. The highest BCUT2D eigenvalue weighted by molar-refractivity contribution is 6.36. The molecule has 42 heavy (non-hydrogen) atoms. The van der Waals surface area contributed by atoms with Gasteiger partial charge < -0.3 is 5.32 Å². The number of nitrogens with one attached hydrogen (secondary N) is 1. The number of amides is 3. The molecule has 1 fully saturated rings. The van der Waals surface area contributed by atoms with Gasteiger partial charge in [0.05, 0.1) is 11.8 Å². The van der Waals surface area contributed by atoms with Crippen molar-refractivity contribution in [2.24, 2.45) is 11.8 Å². The lowest BCUT2D eigenvalue weighted by molar-refractivity contribution is -0.146. The third-order valence-electron chi connectivity index (χ3n) is 9.28. The van der Waals surface area contributed by atoms with Crippen LogP contribution in [0.25, 0.3) is 0 Å². The number of likely N-dealkylation sites (tertiary alicyclic amines) is 1. The fourth-order valence-corrected chi connectivity index (χ4v) is 8.28. The molecule has 0 radical (unpaired) electrons. The summed E-state index contributed by atoms with van der Waals surface area (Å²) in [6, 6.07) is 29.0. The Morgan fingerprint density at radius 1 is 0.738 bits per heavy atom. The zero-order valence-electron chi connectivity index (χ0n) is 23.1. The van der Waals surface area contributed by atoms with E-state index in [4.69, 9.17) is 23.2 Å². The van der Waals surface area contributed by atoms with Gasteiger partial charge in [0.15, 0.2) is 0 Å². The highest BCUT2D eigenvalue weighted by Crippen LogP contribution is 2.69. The van der Waals surface area contributed by atoms with Crippen LogP contribution in [-0.4, -0.2) is 28.7 Å². The molecule has 0 saturated carbocycles. The van der Waals surface area contributed by atoms with E-state index in [1.54, 1.807) is 0 Å². The number of hydrogen-bond donors (Lipinski definition) is 1. The summed E-state index contributed by atoms with van der Waals surface area (Å²) in [5.74, 6) is -3.35. The van der Waals surface area contributed by atoms with Crippen LogP contribution in [0, 0.1) is 25.7 Å². The van der Waals surface area contributed by atoms with Crippen LogP contribution in [0.15, 0.2) is 97.1 Å². The van der Waals surface area contributed by atoms with E-state index in [1.165, 1.54) is 0 Å². The standard InChI is InChI=1S/C35H28Cl2N2O3/c1-20-16-17-23(18-21(20)2)38-31(40)28(19-22-10-4-3-5-11-22)39-32(41)29-30(33(39)42)35(37)25-13-7-6-12-24(25)34(29,36)26-14-8-9-15-27(26)35/h3-18,28-30H,19H2,1-2H3,(H,38,40)/t28-,29-,30+,34?,35?/m0/s1. The number of nitrogens with zero attached hydrogens (tertiary/aromatic N) is 1. The summed E-state index contributed by atoms with van der Waals surface area (Å²) in [5.41, 5.74) is 6.44. The number of halogens is 2. The van der Waals surface area contributed by atoms with Crippen LogP contribution in [-0.2, 0) is 30.6 Å². The van der Waals surface area contributed by atoms with Gasteiger partial charge in [-0.25, -0.2) is 0 Å². The van der Waals surface area contributed by atoms with Gasteiger partial charge in [0, 0.05) is 12.1 Å². The molecule has 210 valence electrons. The zero-order valence-corrected chi connectivity index (χ0v) is 24.6. The van der Waals surface area contributed by atoms with Crippen molar-refractivity contribution < 1.29 is 14.4 Å². The van der Waals surface area contributed by atoms with Crippen molar-refractivity contribution in [3.63, 3.8) is 0 Å². The number of anilines is 1. The van der Waals surface area contributed by atoms with Crippen molar-refractivity contribution in [1.82, 2.24) is 4.90 Å². The van der Waals surface area contributed by atoms with Gasteiger partial charge in [-0.2, -0.15) is 0 Å². The monoisotopic (exact) mass is 594 g/mol. The molecule has 4 aliphatic rings. The Balaban J connectivity index is 1.36. The second kappa shape index (κ2) is 9.55.